The molecule has 1 aromatic heterocycles. The molecule has 5 heteroatoms. The van der Waals surface area contributed by atoms with E-state index in [0.29, 0.717) is 23.5 Å². The van der Waals surface area contributed by atoms with Crippen LogP contribution in [0.15, 0.2) is 0 Å². The molecular weight excluding hydrogens is 351 g/mol. The molecule has 0 aliphatic heterocycles. The van der Waals surface area contributed by atoms with E-state index >= 15 is 0 Å². The van der Waals surface area contributed by atoms with Gasteiger partial charge in [0.1, 0.15) is 11.3 Å². The van der Waals surface area contributed by atoms with Gasteiger partial charge in [-0.15, -0.1) is 0 Å². The minimum absolute atomic E-state index is 0.0630. The molecule has 0 aromatic carbocycles. The molecule has 0 spiro atoms. The molecule has 0 aliphatic rings. The quantitative estimate of drug-likeness (QED) is 0.572. The second-order valence-electron chi connectivity index (χ2n) is 4.08. The first kappa shape index (κ1) is 15.1. The number of hydrogen-bond donors (Lipinski definition) is 0. The van der Waals surface area contributed by atoms with E-state index in [-0.39, 0.29) is 6.10 Å². The maximum atomic E-state index is 6.15. The molecule has 1 rings (SSSR count). The van der Waals surface area contributed by atoms with Gasteiger partial charge in [-0.25, -0.2) is 9.97 Å². The van der Waals surface area contributed by atoms with E-state index in [1.165, 1.54) is 0 Å². The molecule has 0 fully saturated rings. The Morgan fingerprint density at radius 3 is 2.41 bits per heavy atom. The third kappa shape index (κ3) is 3.76. The third-order valence-corrected chi connectivity index (χ3v) is 4.08. The maximum Gasteiger partial charge on any atom is 0.159 e. The highest BCUT2D eigenvalue weighted by Crippen LogP contribution is 2.28. The third-order valence-electron chi connectivity index (χ3n) is 2.43. The van der Waals surface area contributed by atoms with Crippen LogP contribution in [0.1, 0.15) is 57.7 Å². The molecule has 0 saturated heterocycles. The zero-order valence-electron chi connectivity index (χ0n) is 10.6. The summed E-state index contributed by atoms with van der Waals surface area (Å²) < 4.78 is 6.56. The van der Waals surface area contributed by atoms with E-state index in [2.05, 4.69) is 53.3 Å². The van der Waals surface area contributed by atoms with Crippen molar-refractivity contribution in [3.63, 3.8) is 0 Å². The molecule has 96 valence electrons. The summed E-state index contributed by atoms with van der Waals surface area (Å²) >= 11 is 8.35. The molecule has 0 aliphatic carbocycles. The molecular formula is C12H18ClIN2O. The molecule has 3 nitrogen and oxygen atoms in total. The van der Waals surface area contributed by atoms with Crippen molar-refractivity contribution in [2.45, 2.75) is 46.1 Å². The topological polar surface area (TPSA) is 35.0 Å². The van der Waals surface area contributed by atoms with Crippen LogP contribution in [0.4, 0.5) is 0 Å². The van der Waals surface area contributed by atoms with Gasteiger partial charge >= 0.3 is 0 Å². The Bertz CT molecular complexity index is 385. The fourth-order valence-corrected chi connectivity index (χ4v) is 2.60. The smallest absolute Gasteiger partial charge is 0.159 e. The van der Waals surface area contributed by atoms with Gasteiger partial charge in [-0.05, 0) is 41.9 Å². The summed E-state index contributed by atoms with van der Waals surface area (Å²) in [6.45, 7) is 8.89. The van der Waals surface area contributed by atoms with E-state index in [4.69, 9.17) is 16.3 Å². The normalized spacial score (nSPS) is 13.1. The van der Waals surface area contributed by atoms with Crippen LogP contribution in [-0.2, 0) is 4.74 Å². The SMILES string of the molecule is CCOC(CC)c1nc(Cl)c(I)c(C(C)C)n1. The summed E-state index contributed by atoms with van der Waals surface area (Å²) in [5, 5.41) is 0.525. The lowest BCUT2D eigenvalue weighted by molar-refractivity contribution is 0.0532. The number of nitrogens with zero attached hydrogens (tertiary/aromatic N) is 2. The number of hydrogen-bond acceptors (Lipinski definition) is 3. The van der Waals surface area contributed by atoms with Crippen LogP contribution in [-0.4, -0.2) is 16.6 Å². The average Bonchev–Trinajstić information content (AvgIpc) is 2.29. The zero-order valence-corrected chi connectivity index (χ0v) is 13.5. The molecule has 0 bridgehead atoms. The fourth-order valence-electron chi connectivity index (χ4n) is 1.56. The van der Waals surface area contributed by atoms with Crippen molar-refractivity contribution in [3.8, 4) is 0 Å². The van der Waals surface area contributed by atoms with Crippen LogP contribution in [0.5, 0.6) is 0 Å². The van der Waals surface area contributed by atoms with Gasteiger partial charge in [0.25, 0.3) is 0 Å². The molecule has 0 amide bonds. The first-order valence-corrected chi connectivity index (χ1v) is 7.31. The van der Waals surface area contributed by atoms with Crippen molar-refractivity contribution in [1.29, 1.82) is 0 Å². The van der Waals surface area contributed by atoms with Gasteiger partial charge in [0.15, 0.2) is 5.82 Å². The lowest BCUT2D eigenvalue weighted by Gasteiger charge is -2.17. The van der Waals surface area contributed by atoms with Crippen LogP contribution < -0.4 is 0 Å². The second kappa shape index (κ2) is 6.85. The number of aromatic nitrogens is 2. The molecule has 0 radical (unpaired) electrons. The minimum Gasteiger partial charge on any atom is -0.371 e. The summed E-state index contributed by atoms with van der Waals surface area (Å²) in [6.07, 6.45) is 0.787. The minimum atomic E-state index is -0.0630. The Morgan fingerprint density at radius 1 is 1.29 bits per heavy atom. The molecule has 17 heavy (non-hydrogen) atoms. The van der Waals surface area contributed by atoms with Gasteiger partial charge in [0.2, 0.25) is 0 Å². The number of ether oxygens (including phenoxy) is 1. The van der Waals surface area contributed by atoms with Gasteiger partial charge in [-0.3, -0.25) is 0 Å². The van der Waals surface area contributed by atoms with Gasteiger partial charge in [0.05, 0.1) is 9.26 Å². The summed E-state index contributed by atoms with van der Waals surface area (Å²) in [5.41, 5.74) is 0.999. The highest BCUT2D eigenvalue weighted by Gasteiger charge is 2.18. The van der Waals surface area contributed by atoms with Crippen LogP contribution in [0, 0.1) is 3.57 Å². The lowest BCUT2D eigenvalue weighted by atomic mass is 10.1. The molecule has 1 atom stereocenters. The second-order valence-corrected chi connectivity index (χ2v) is 5.52. The predicted molar refractivity (Wildman–Crippen MR) is 78.5 cm³/mol. The zero-order chi connectivity index (χ0) is 13.0. The van der Waals surface area contributed by atoms with Crippen molar-refractivity contribution < 1.29 is 4.74 Å². The Balaban J connectivity index is 3.17. The first-order chi connectivity index (χ1) is 8.01. The first-order valence-electron chi connectivity index (χ1n) is 5.85. The fraction of sp³-hybridized carbons (Fsp3) is 0.667. The largest absolute Gasteiger partial charge is 0.371 e. The van der Waals surface area contributed by atoms with Gasteiger partial charge in [0, 0.05) is 6.61 Å². The summed E-state index contributed by atoms with van der Waals surface area (Å²) in [6, 6.07) is 0. The summed E-state index contributed by atoms with van der Waals surface area (Å²) in [5.74, 6) is 1.03. The van der Waals surface area contributed by atoms with E-state index in [1.807, 2.05) is 6.92 Å². The Kier molecular flexibility index (Phi) is 6.09. The van der Waals surface area contributed by atoms with Crippen LogP contribution in [0.2, 0.25) is 5.15 Å². The number of halogens is 2. The molecule has 1 heterocycles. The van der Waals surface area contributed by atoms with E-state index in [9.17, 15) is 0 Å². The number of rotatable bonds is 5. The predicted octanol–water partition coefficient (Wildman–Crippen LogP) is 4.35. The van der Waals surface area contributed by atoms with E-state index < -0.39 is 0 Å². The van der Waals surface area contributed by atoms with Crippen molar-refractivity contribution >= 4 is 34.2 Å². The van der Waals surface area contributed by atoms with Crippen LogP contribution in [0.3, 0.4) is 0 Å². The lowest BCUT2D eigenvalue weighted by Crippen LogP contribution is -2.12. The van der Waals surface area contributed by atoms with Crippen molar-refractivity contribution in [3.05, 3.63) is 20.2 Å². The van der Waals surface area contributed by atoms with Crippen molar-refractivity contribution in [2.24, 2.45) is 0 Å². The van der Waals surface area contributed by atoms with E-state index in [1.54, 1.807) is 0 Å². The summed E-state index contributed by atoms with van der Waals surface area (Å²) in [4.78, 5) is 8.92. The van der Waals surface area contributed by atoms with Crippen LogP contribution in [0.25, 0.3) is 0 Å². The molecule has 1 aromatic rings. The molecule has 0 saturated carbocycles. The van der Waals surface area contributed by atoms with E-state index in [0.717, 1.165) is 15.7 Å². The monoisotopic (exact) mass is 368 g/mol. The van der Waals surface area contributed by atoms with Crippen LogP contribution >= 0.6 is 34.2 Å². The average molecular weight is 369 g/mol. The Hall–Kier alpha value is 0.0600. The highest BCUT2D eigenvalue weighted by atomic mass is 127. The Labute approximate surface area is 121 Å². The standard InChI is InChI=1S/C12H18ClIN2O/c1-5-8(17-6-2)12-15-10(7(3)4)9(14)11(13)16-12/h7-8H,5-6H2,1-4H3. The Morgan fingerprint density at radius 2 is 1.94 bits per heavy atom. The summed E-state index contributed by atoms with van der Waals surface area (Å²) in [7, 11) is 0. The van der Waals surface area contributed by atoms with Crippen molar-refractivity contribution in [1.82, 2.24) is 9.97 Å². The molecule has 0 N–H and O–H groups in total. The van der Waals surface area contributed by atoms with Crippen molar-refractivity contribution in [2.75, 3.05) is 6.61 Å². The highest BCUT2D eigenvalue weighted by molar-refractivity contribution is 14.1. The molecule has 1 unspecified atom stereocenters. The van der Waals surface area contributed by atoms with Gasteiger partial charge in [-0.2, -0.15) is 0 Å². The van der Waals surface area contributed by atoms with Gasteiger partial charge in [-0.1, -0.05) is 32.4 Å². The van der Waals surface area contributed by atoms with Gasteiger partial charge < -0.3 is 4.74 Å². The maximum absolute atomic E-state index is 6.15.